The molecule has 1 aliphatic carbocycles. The maximum absolute atomic E-state index is 12.9. The summed E-state index contributed by atoms with van der Waals surface area (Å²) in [5, 5.41) is 5.29. The minimum absolute atomic E-state index is 0.00339. The van der Waals surface area contributed by atoms with Crippen molar-refractivity contribution in [3.63, 3.8) is 0 Å². The lowest BCUT2D eigenvalue weighted by Crippen LogP contribution is -2.29. The first kappa shape index (κ1) is 15.5. The van der Waals surface area contributed by atoms with E-state index in [4.69, 9.17) is 0 Å². The zero-order valence-electron chi connectivity index (χ0n) is 13.9. The summed E-state index contributed by atoms with van der Waals surface area (Å²) in [7, 11) is 0. The van der Waals surface area contributed by atoms with Crippen molar-refractivity contribution in [1.82, 2.24) is 9.88 Å². The van der Waals surface area contributed by atoms with Crippen LogP contribution in [-0.2, 0) is 0 Å². The van der Waals surface area contributed by atoms with Crippen LogP contribution in [-0.4, -0.2) is 10.5 Å². The Balaban J connectivity index is 1.64. The lowest BCUT2D eigenvalue weighted by atomic mass is 10.1. The quantitative estimate of drug-likeness (QED) is 0.687. The molecule has 3 nitrogen and oxygen atoms in total. The first-order chi connectivity index (χ1) is 11.7. The van der Waals surface area contributed by atoms with Gasteiger partial charge in [0.05, 0.1) is 16.3 Å². The van der Waals surface area contributed by atoms with E-state index in [9.17, 15) is 4.79 Å². The number of thiophene rings is 1. The maximum Gasteiger partial charge on any atom is 0.268 e. The third-order valence-electron chi connectivity index (χ3n) is 5.03. The number of carbonyl (C=O) groups excluding carboxylic acids is 1. The predicted octanol–water partition coefficient (Wildman–Crippen LogP) is 5.31. The Hall–Kier alpha value is -2.07. The molecular weight excluding hydrogens is 316 g/mol. The van der Waals surface area contributed by atoms with E-state index in [1.807, 2.05) is 25.1 Å². The standard InChI is InChI=1S/C20H22N2OS/c1-14(15-7-3-2-4-8-15)21-20(23)18-13-19-17(11-12-24-19)22(18)16-9-5-6-10-16/h2-4,7-8,11-14,16H,5-6,9-10H2,1H3,(H,21,23). The van der Waals surface area contributed by atoms with E-state index in [1.54, 1.807) is 11.3 Å². The molecule has 1 N–H and O–H groups in total. The van der Waals surface area contributed by atoms with Crippen LogP contribution in [0.2, 0.25) is 0 Å². The van der Waals surface area contributed by atoms with Crippen LogP contribution < -0.4 is 5.32 Å². The molecule has 1 aromatic carbocycles. The second-order valence-corrected chi connectivity index (χ2v) is 7.56. The molecule has 2 heterocycles. The minimum atomic E-state index is 0.00339. The van der Waals surface area contributed by atoms with Crippen molar-refractivity contribution in [2.75, 3.05) is 0 Å². The minimum Gasteiger partial charge on any atom is -0.344 e. The molecule has 2 aromatic heterocycles. The molecule has 1 fully saturated rings. The molecule has 3 aromatic rings. The van der Waals surface area contributed by atoms with Crippen LogP contribution in [0.25, 0.3) is 10.2 Å². The number of amides is 1. The number of aromatic nitrogens is 1. The summed E-state index contributed by atoms with van der Waals surface area (Å²) in [5.41, 5.74) is 3.16. The highest BCUT2D eigenvalue weighted by molar-refractivity contribution is 7.17. The monoisotopic (exact) mass is 338 g/mol. The number of hydrogen-bond donors (Lipinski definition) is 1. The Morgan fingerprint density at radius 2 is 1.96 bits per heavy atom. The SMILES string of the molecule is CC(NC(=O)c1cc2sccc2n1C1CCCC1)c1ccccc1. The highest BCUT2D eigenvalue weighted by atomic mass is 32.1. The van der Waals surface area contributed by atoms with Gasteiger partial charge in [-0.3, -0.25) is 4.79 Å². The number of nitrogens with zero attached hydrogens (tertiary/aromatic N) is 1. The third kappa shape index (κ3) is 2.75. The zero-order chi connectivity index (χ0) is 16.5. The number of nitrogens with one attached hydrogen (secondary N) is 1. The first-order valence-corrected chi connectivity index (χ1v) is 9.56. The van der Waals surface area contributed by atoms with Gasteiger partial charge in [-0.25, -0.2) is 0 Å². The predicted molar refractivity (Wildman–Crippen MR) is 99.6 cm³/mol. The van der Waals surface area contributed by atoms with Crippen molar-refractivity contribution in [3.05, 3.63) is 59.1 Å². The van der Waals surface area contributed by atoms with Gasteiger partial charge in [0, 0.05) is 6.04 Å². The van der Waals surface area contributed by atoms with Gasteiger partial charge < -0.3 is 9.88 Å². The average Bonchev–Trinajstić information content (AvgIpc) is 3.31. The Morgan fingerprint density at radius 3 is 2.71 bits per heavy atom. The number of fused-ring (bicyclic) bond motifs is 1. The van der Waals surface area contributed by atoms with Crippen molar-refractivity contribution in [2.45, 2.75) is 44.7 Å². The maximum atomic E-state index is 12.9. The molecular formula is C20H22N2OS. The molecule has 24 heavy (non-hydrogen) atoms. The van der Waals surface area contributed by atoms with Gasteiger partial charge in [0.2, 0.25) is 0 Å². The summed E-state index contributed by atoms with van der Waals surface area (Å²) in [6.45, 7) is 2.04. The van der Waals surface area contributed by atoms with E-state index < -0.39 is 0 Å². The van der Waals surface area contributed by atoms with Crippen LogP contribution in [0.4, 0.5) is 0 Å². The lowest BCUT2D eigenvalue weighted by molar-refractivity contribution is 0.0929. The van der Waals surface area contributed by atoms with Crippen molar-refractivity contribution in [3.8, 4) is 0 Å². The van der Waals surface area contributed by atoms with Gasteiger partial charge >= 0.3 is 0 Å². The third-order valence-corrected chi connectivity index (χ3v) is 5.88. The van der Waals surface area contributed by atoms with E-state index in [2.05, 4.69) is 39.5 Å². The number of hydrogen-bond acceptors (Lipinski definition) is 2. The summed E-state index contributed by atoms with van der Waals surface area (Å²) in [6.07, 6.45) is 4.87. The van der Waals surface area contributed by atoms with E-state index in [0.717, 1.165) is 11.3 Å². The molecule has 0 radical (unpaired) electrons. The molecule has 4 rings (SSSR count). The fraction of sp³-hybridized carbons (Fsp3) is 0.350. The number of carbonyl (C=O) groups is 1. The van der Waals surface area contributed by atoms with Gasteiger partial charge in [-0.1, -0.05) is 43.2 Å². The van der Waals surface area contributed by atoms with E-state index >= 15 is 0 Å². The Kier molecular flexibility index (Phi) is 4.15. The highest BCUT2D eigenvalue weighted by Crippen LogP contribution is 2.36. The van der Waals surface area contributed by atoms with Crippen molar-refractivity contribution < 1.29 is 4.79 Å². The molecule has 1 aliphatic rings. The van der Waals surface area contributed by atoms with Crippen LogP contribution in [0.5, 0.6) is 0 Å². The molecule has 1 atom stereocenters. The average molecular weight is 338 g/mol. The van der Waals surface area contributed by atoms with Crippen LogP contribution in [0.15, 0.2) is 47.8 Å². The molecule has 0 spiro atoms. The molecule has 0 bridgehead atoms. The van der Waals surface area contributed by atoms with Crippen LogP contribution in [0.3, 0.4) is 0 Å². The summed E-state index contributed by atoms with van der Waals surface area (Å²) < 4.78 is 3.49. The molecule has 1 unspecified atom stereocenters. The van der Waals surface area contributed by atoms with Crippen molar-refractivity contribution in [2.24, 2.45) is 0 Å². The topological polar surface area (TPSA) is 34.0 Å². The number of rotatable bonds is 4. The van der Waals surface area contributed by atoms with Gasteiger partial charge in [0.25, 0.3) is 5.91 Å². The largest absolute Gasteiger partial charge is 0.344 e. The summed E-state index contributed by atoms with van der Waals surface area (Å²) in [6, 6.07) is 14.8. The van der Waals surface area contributed by atoms with Gasteiger partial charge in [-0.2, -0.15) is 0 Å². The van der Waals surface area contributed by atoms with Crippen LogP contribution in [0, 0.1) is 0 Å². The number of benzene rings is 1. The zero-order valence-corrected chi connectivity index (χ0v) is 14.7. The van der Waals surface area contributed by atoms with Gasteiger partial charge in [0.15, 0.2) is 0 Å². The highest BCUT2D eigenvalue weighted by Gasteiger charge is 2.25. The summed E-state index contributed by atoms with van der Waals surface area (Å²) in [5.74, 6) is 0.0293. The molecule has 1 amide bonds. The van der Waals surface area contributed by atoms with E-state index in [0.29, 0.717) is 6.04 Å². The van der Waals surface area contributed by atoms with Crippen molar-refractivity contribution in [1.29, 1.82) is 0 Å². The van der Waals surface area contributed by atoms with E-state index in [1.165, 1.54) is 35.9 Å². The second kappa shape index (κ2) is 6.44. The fourth-order valence-electron chi connectivity index (χ4n) is 3.77. The van der Waals surface area contributed by atoms with Gasteiger partial charge in [-0.15, -0.1) is 11.3 Å². The molecule has 4 heteroatoms. The Morgan fingerprint density at radius 1 is 1.21 bits per heavy atom. The molecule has 0 saturated heterocycles. The first-order valence-electron chi connectivity index (χ1n) is 8.68. The van der Waals surface area contributed by atoms with Crippen LogP contribution in [0.1, 0.15) is 60.7 Å². The normalized spacial score (nSPS) is 16.5. The summed E-state index contributed by atoms with van der Waals surface area (Å²) in [4.78, 5) is 12.9. The second-order valence-electron chi connectivity index (χ2n) is 6.61. The Labute approximate surface area is 146 Å². The molecule has 124 valence electrons. The Bertz CT molecular complexity index is 843. The summed E-state index contributed by atoms with van der Waals surface area (Å²) >= 11 is 1.71. The van der Waals surface area contributed by atoms with Gasteiger partial charge in [0.1, 0.15) is 5.69 Å². The lowest BCUT2D eigenvalue weighted by Gasteiger charge is -2.19. The molecule has 0 aliphatic heterocycles. The van der Waals surface area contributed by atoms with Crippen molar-refractivity contribution >= 4 is 27.5 Å². The van der Waals surface area contributed by atoms with Crippen LogP contribution >= 0.6 is 11.3 Å². The smallest absolute Gasteiger partial charge is 0.268 e. The molecule has 1 saturated carbocycles. The van der Waals surface area contributed by atoms with Gasteiger partial charge in [-0.05, 0) is 42.8 Å². The fourth-order valence-corrected chi connectivity index (χ4v) is 4.58. The van der Waals surface area contributed by atoms with E-state index in [-0.39, 0.29) is 11.9 Å².